The molecule has 0 radical (unpaired) electrons. The van der Waals surface area contributed by atoms with Crippen LogP contribution in [0.4, 0.5) is 0 Å². The number of hydrogen-bond donors (Lipinski definition) is 0. The summed E-state index contributed by atoms with van der Waals surface area (Å²) in [6, 6.07) is 22.8. The Labute approximate surface area is 144 Å². The molecule has 0 spiro atoms. The standard InChI is InChI=1S/C22H24N2/c1-4-10-16(11-5-1)19-21-20(17-12-6-2-7-13-17)24(21)22(23-19)18-14-8-3-9-15-18/h1-2,4-7,10-13,18,20-22H,3,8-9,14-15H2/t20-,21-,22-,24?/m1/s1. The first-order valence-electron chi connectivity index (χ1n) is 9.39. The molecule has 2 nitrogen and oxygen atoms in total. The van der Waals surface area contributed by atoms with Crippen molar-refractivity contribution < 1.29 is 0 Å². The van der Waals surface area contributed by atoms with Gasteiger partial charge in [-0.15, -0.1) is 0 Å². The Hall–Kier alpha value is -1.93. The second-order valence-corrected chi connectivity index (χ2v) is 7.44. The van der Waals surface area contributed by atoms with E-state index in [2.05, 4.69) is 65.6 Å². The van der Waals surface area contributed by atoms with Gasteiger partial charge in [-0.05, 0) is 29.9 Å². The molecule has 2 heterocycles. The largest absolute Gasteiger partial charge is 0.268 e. The van der Waals surface area contributed by atoms with Crippen molar-refractivity contribution in [3.05, 3.63) is 71.8 Å². The highest BCUT2D eigenvalue weighted by Crippen LogP contribution is 2.53. The van der Waals surface area contributed by atoms with E-state index >= 15 is 0 Å². The van der Waals surface area contributed by atoms with E-state index in [1.807, 2.05) is 0 Å². The Morgan fingerprint density at radius 2 is 1.42 bits per heavy atom. The van der Waals surface area contributed by atoms with Crippen molar-refractivity contribution in [2.45, 2.75) is 50.4 Å². The molecule has 2 fully saturated rings. The fourth-order valence-electron chi connectivity index (χ4n) is 4.79. The van der Waals surface area contributed by atoms with E-state index in [4.69, 9.17) is 4.99 Å². The average molecular weight is 316 g/mol. The van der Waals surface area contributed by atoms with Gasteiger partial charge >= 0.3 is 0 Å². The van der Waals surface area contributed by atoms with Gasteiger partial charge in [0, 0.05) is 0 Å². The van der Waals surface area contributed by atoms with E-state index in [0.29, 0.717) is 18.2 Å². The van der Waals surface area contributed by atoms with Gasteiger partial charge in [-0.25, -0.2) is 0 Å². The van der Waals surface area contributed by atoms with Crippen LogP contribution in [0, 0.1) is 5.92 Å². The van der Waals surface area contributed by atoms with Crippen LogP contribution in [0.25, 0.3) is 0 Å². The maximum atomic E-state index is 5.23. The predicted molar refractivity (Wildman–Crippen MR) is 98.2 cm³/mol. The van der Waals surface area contributed by atoms with Gasteiger partial charge in [-0.2, -0.15) is 0 Å². The monoisotopic (exact) mass is 316 g/mol. The van der Waals surface area contributed by atoms with E-state index in [0.717, 1.165) is 5.92 Å². The molecule has 2 aliphatic heterocycles. The molecule has 122 valence electrons. The van der Waals surface area contributed by atoms with E-state index in [-0.39, 0.29) is 0 Å². The first kappa shape index (κ1) is 14.4. The molecular formula is C22H24N2. The van der Waals surface area contributed by atoms with Crippen LogP contribution in [0.2, 0.25) is 0 Å². The fourth-order valence-corrected chi connectivity index (χ4v) is 4.79. The Balaban J connectivity index is 1.50. The molecule has 1 saturated heterocycles. The molecule has 1 unspecified atom stereocenters. The number of aliphatic imine (C=N–C) groups is 1. The zero-order valence-electron chi connectivity index (χ0n) is 14.0. The van der Waals surface area contributed by atoms with Crippen LogP contribution >= 0.6 is 0 Å². The molecule has 2 aromatic carbocycles. The van der Waals surface area contributed by atoms with Gasteiger partial charge in [0.05, 0.1) is 17.8 Å². The topological polar surface area (TPSA) is 15.4 Å². The lowest BCUT2D eigenvalue weighted by Gasteiger charge is -2.28. The van der Waals surface area contributed by atoms with Gasteiger partial charge in [-0.3, -0.25) is 9.89 Å². The summed E-state index contributed by atoms with van der Waals surface area (Å²) in [4.78, 5) is 7.91. The lowest BCUT2D eigenvalue weighted by Crippen LogP contribution is -2.27. The summed E-state index contributed by atoms with van der Waals surface area (Å²) in [6.45, 7) is 0. The molecule has 0 amide bonds. The number of nitrogens with zero attached hydrogens (tertiary/aromatic N) is 2. The molecule has 24 heavy (non-hydrogen) atoms. The van der Waals surface area contributed by atoms with Crippen LogP contribution in [0.15, 0.2) is 65.7 Å². The molecule has 4 atom stereocenters. The van der Waals surface area contributed by atoms with Gasteiger partial charge in [0.1, 0.15) is 6.17 Å². The fraction of sp³-hybridized carbons (Fsp3) is 0.409. The number of hydrogen-bond acceptors (Lipinski definition) is 2. The van der Waals surface area contributed by atoms with Crippen LogP contribution < -0.4 is 0 Å². The zero-order valence-corrected chi connectivity index (χ0v) is 14.0. The highest BCUT2D eigenvalue weighted by Gasteiger charge is 2.60. The van der Waals surface area contributed by atoms with Crippen molar-refractivity contribution in [3.63, 3.8) is 0 Å². The van der Waals surface area contributed by atoms with Gasteiger partial charge in [0.2, 0.25) is 0 Å². The van der Waals surface area contributed by atoms with E-state index < -0.39 is 0 Å². The molecule has 2 aromatic rings. The molecule has 5 rings (SSSR count). The van der Waals surface area contributed by atoms with E-state index in [1.165, 1.54) is 48.9 Å². The van der Waals surface area contributed by atoms with Crippen LogP contribution in [-0.4, -0.2) is 22.8 Å². The number of fused-ring (bicyclic) bond motifs is 1. The highest BCUT2D eigenvalue weighted by molar-refractivity contribution is 6.08. The number of benzene rings is 2. The minimum Gasteiger partial charge on any atom is -0.268 e. The van der Waals surface area contributed by atoms with Crippen molar-refractivity contribution in [3.8, 4) is 0 Å². The lowest BCUT2D eigenvalue weighted by molar-refractivity contribution is 0.219. The lowest BCUT2D eigenvalue weighted by atomic mass is 9.87. The summed E-state index contributed by atoms with van der Waals surface area (Å²) in [6.07, 6.45) is 7.26. The Morgan fingerprint density at radius 3 is 2.12 bits per heavy atom. The summed E-state index contributed by atoms with van der Waals surface area (Å²) in [5, 5.41) is 0. The van der Waals surface area contributed by atoms with Crippen LogP contribution in [-0.2, 0) is 0 Å². The first-order chi connectivity index (χ1) is 11.9. The molecule has 3 aliphatic rings. The molecule has 0 aromatic heterocycles. The summed E-state index contributed by atoms with van der Waals surface area (Å²) in [5.74, 6) is 0.746. The molecule has 1 aliphatic carbocycles. The second kappa shape index (κ2) is 5.86. The summed E-state index contributed by atoms with van der Waals surface area (Å²) in [7, 11) is 0. The smallest absolute Gasteiger partial charge is 0.106 e. The van der Waals surface area contributed by atoms with E-state index in [9.17, 15) is 0 Å². The summed E-state index contributed by atoms with van der Waals surface area (Å²) >= 11 is 0. The zero-order chi connectivity index (χ0) is 15.9. The molecule has 0 N–H and O–H groups in total. The van der Waals surface area contributed by atoms with Crippen molar-refractivity contribution in [2.75, 3.05) is 0 Å². The second-order valence-electron chi connectivity index (χ2n) is 7.44. The Morgan fingerprint density at radius 1 is 0.750 bits per heavy atom. The average Bonchev–Trinajstić information content (AvgIpc) is 3.28. The van der Waals surface area contributed by atoms with Crippen molar-refractivity contribution in [1.82, 2.24) is 4.90 Å². The molecule has 0 bridgehead atoms. The third kappa shape index (κ3) is 2.32. The van der Waals surface area contributed by atoms with Crippen LogP contribution in [0.5, 0.6) is 0 Å². The highest BCUT2D eigenvalue weighted by atomic mass is 15.5. The maximum Gasteiger partial charge on any atom is 0.106 e. The summed E-state index contributed by atoms with van der Waals surface area (Å²) < 4.78 is 0. The summed E-state index contributed by atoms with van der Waals surface area (Å²) in [5.41, 5.74) is 4.08. The van der Waals surface area contributed by atoms with Gasteiger partial charge in [0.15, 0.2) is 0 Å². The normalized spacial score (nSPS) is 32.2. The van der Waals surface area contributed by atoms with Crippen LogP contribution in [0.3, 0.4) is 0 Å². The molecule has 2 heteroatoms. The first-order valence-corrected chi connectivity index (χ1v) is 9.39. The molecular weight excluding hydrogens is 292 g/mol. The Bertz CT molecular complexity index is 731. The van der Waals surface area contributed by atoms with Crippen LogP contribution in [0.1, 0.15) is 49.3 Å². The van der Waals surface area contributed by atoms with Crippen molar-refractivity contribution >= 4 is 5.71 Å². The minimum absolute atomic E-state index is 0.399. The minimum atomic E-state index is 0.399. The Kier molecular flexibility index (Phi) is 3.52. The SMILES string of the molecule is c1ccc(C2=N[C@@H](C3CCCCC3)N3[C@H]2[C@H]3c2ccccc2)cc1. The predicted octanol–water partition coefficient (Wildman–Crippen LogP) is 4.82. The quantitative estimate of drug-likeness (QED) is 0.741. The van der Waals surface area contributed by atoms with E-state index in [1.54, 1.807) is 0 Å². The number of rotatable bonds is 3. The van der Waals surface area contributed by atoms with Gasteiger partial charge in [-0.1, -0.05) is 79.9 Å². The molecule has 1 saturated carbocycles. The van der Waals surface area contributed by atoms with Crippen molar-refractivity contribution in [1.29, 1.82) is 0 Å². The third-order valence-electron chi connectivity index (χ3n) is 5.99. The third-order valence-corrected chi connectivity index (χ3v) is 5.99. The maximum absolute atomic E-state index is 5.23. The van der Waals surface area contributed by atoms with Gasteiger partial charge in [0.25, 0.3) is 0 Å². The van der Waals surface area contributed by atoms with Crippen molar-refractivity contribution in [2.24, 2.45) is 10.9 Å². The van der Waals surface area contributed by atoms with Gasteiger partial charge < -0.3 is 0 Å².